The number of anilines is 1. The molecule has 0 N–H and O–H groups in total. The first-order valence-electron chi connectivity index (χ1n) is 18.4. The second-order valence-corrected chi connectivity index (χ2v) is 14.8. The molecule has 0 atom stereocenters. The summed E-state index contributed by atoms with van der Waals surface area (Å²) in [6, 6.07) is 32.9. The van der Waals surface area contributed by atoms with Crippen LogP contribution in [0.1, 0.15) is 53.8 Å². The number of benzene rings is 4. The van der Waals surface area contributed by atoms with Gasteiger partial charge in [0, 0.05) is 56.1 Å². The van der Waals surface area contributed by atoms with Gasteiger partial charge in [-0.25, -0.2) is 0 Å². The van der Waals surface area contributed by atoms with Crippen LogP contribution in [-0.4, -0.2) is 4.57 Å². The fourth-order valence-corrected chi connectivity index (χ4v) is 9.16. The van der Waals surface area contributed by atoms with Gasteiger partial charge in [0.05, 0.1) is 5.52 Å². The van der Waals surface area contributed by atoms with Crippen molar-refractivity contribution in [3.63, 3.8) is 0 Å². The summed E-state index contributed by atoms with van der Waals surface area (Å²) in [6.45, 7) is 0. The van der Waals surface area contributed by atoms with Crippen LogP contribution in [-0.2, 0) is 12.8 Å². The normalized spacial score (nSPS) is 15.5. The number of aryl methyl sites for hydroxylation is 2. The molecule has 0 saturated carbocycles. The number of rotatable bonds is 7. The van der Waals surface area contributed by atoms with Gasteiger partial charge in [-0.2, -0.15) is 0 Å². The maximum Gasteiger partial charge on any atom is 0.137 e. The summed E-state index contributed by atoms with van der Waals surface area (Å²) >= 11 is 1.80. The highest BCUT2D eigenvalue weighted by atomic mass is 32.1. The first kappa shape index (κ1) is 30.9. The molecule has 0 bridgehead atoms. The Labute approximate surface area is 308 Å². The number of aromatic nitrogens is 1. The van der Waals surface area contributed by atoms with Crippen LogP contribution in [0.2, 0.25) is 0 Å². The molecule has 52 heavy (non-hydrogen) atoms. The Morgan fingerprint density at radius 1 is 0.692 bits per heavy atom. The number of fused-ring (bicyclic) bond motifs is 7. The lowest BCUT2D eigenvalue weighted by atomic mass is 9.97. The van der Waals surface area contributed by atoms with E-state index in [0.717, 1.165) is 55.6 Å². The van der Waals surface area contributed by atoms with Gasteiger partial charge < -0.3 is 13.9 Å². The van der Waals surface area contributed by atoms with E-state index in [2.05, 4.69) is 167 Å². The molecule has 0 unspecified atom stereocenters. The summed E-state index contributed by atoms with van der Waals surface area (Å²) in [5.74, 6) is 1.03. The highest BCUT2D eigenvalue weighted by Gasteiger charge is 2.24. The summed E-state index contributed by atoms with van der Waals surface area (Å²) in [5.41, 5.74) is 13.8. The van der Waals surface area contributed by atoms with Gasteiger partial charge in [-0.1, -0.05) is 85.0 Å². The lowest BCUT2D eigenvalue weighted by Gasteiger charge is -2.27. The quantitative estimate of drug-likeness (QED) is 0.155. The van der Waals surface area contributed by atoms with Gasteiger partial charge in [0.25, 0.3) is 0 Å². The van der Waals surface area contributed by atoms with E-state index < -0.39 is 0 Å². The van der Waals surface area contributed by atoms with E-state index in [9.17, 15) is 0 Å². The zero-order valence-electron chi connectivity index (χ0n) is 29.0. The predicted octanol–water partition coefficient (Wildman–Crippen LogP) is 13.4. The topological polar surface area (TPSA) is 21.3 Å². The monoisotopic (exact) mass is 690 g/mol. The van der Waals surface area contributed by atoms with Gasteiger partial charge in [-0.15, -0.1) is 11.3 Å². The standard InChI is InChI=1S/C48H38N2OS/c1-2-12-33(13-3-1)34-21-23-36(24-22-34)49(29-11-10-14-35-32-52-48-20-9-6-15-39(35)48)37-25-27-38(28-26-37)50-44-18-7-4-16-40(44)42-30-43-41-17-5-8-19-46(41)51-47(43)31-45(42)50/h1-3,6-15,18-25,27,29-32H,4-5,16-17,26,28H2. The minimum atomic E-state index is 0.926. The minimum absolute atomic E-state index is 0.926. The molecule has 0 fully saturated rings. The Hall–Kier alpha value is -5.84. The Bertz CT molecular complexity index is 2670. The summed E-state index contributed by atoms with van der Waals surface area (Å²) in [4.78, 5) is 2.35. The predicted molar refractivity (Wildman–Crippen MR) is 222 cm³/mol. The van der Waals surface area contributed by atoms with Crippen LogP contribution < -0.4 is 4.90 Å². The van der Waals surface area contributed by atoms with E-state index in [1.54, 1.807) is 11.3 Å². The van der Waals surface area contributed by atoms with Crippen LogP contribution >= 0.6 is 11.3 Å². The summed E-state index contributed by atoms with van der Waals surface area (Å²) in [6.07, 6.45) is 28.6. The van der Waals surface area contributed by atoms with Crippen LogP contribution in [0.15, 0.2) is 149 Å². The lowest BCUT2D eigenvalue weighted by molar-refractivity contribution is 0.595. The lowest BCUT2D eigenvalue weighted by Crippen LogP contribution is -2.17. The average molecular weight is 691 g/mol. The van der Waals surface area contributed by atoms with Crippen LogP contribution in [0.5, 0.6) is 0 Å². The van der Waals surface area contributed by atoms with Crippen molar-refractivity contribution in [1.82, 2.24) is 4.57 Å². The molecule has 4 aromatic carbocycles. The summed E-state index contributed by atoms with van der Waals surface area (Å²) in [5, 5.41) is 6.19. The number of allylic oxidation sites excluding steroid dienone is 8. The van der Waals surface area contributed by atoms with Crippen molar-refractivity contribution in [2.45, 2.75) is 38.5 Å². The maximum absolute atomic E-state index is 6.43. The molecular weight excluding hydrogens is 653 g/mol. The molecule has 3 nitrogen and oxygen atoms in total. The molecule has 3 aromatic heterocycles. The van der Waals surface area contributed by atoms with Crippen LogP contribution in [0, 0.1) is 0 Å². The van der Waals surface area contributed by atoms with E-state index in [0.29, 0.717) is 0 Å². The van der Waals surface area contributed by atoms with Crippen LogP contribution in [0.25, 0.3) is 67.0 Å². The van der Waals surface area contributed by atoms with Crippen LogP contribution in [0.3, 0.4) is 0 Å². The SMILES string of the molecule is C(C=CN(C1=CC=C(n2c3c(c4cc5c6c(oc5cc42)C=CCC6)CCC=C3)CC1)c1ccc(-c2ccccc2)cc1)=Cc1csc2ccccc12. The third-order valence-corrected chi connectivity index (χ3v) is 11.8. The van der Waals surface area contributed by atoms with Gasteiger partial charge >= 0.3 is 0 Å². The number of hydrogen-bond donors (Lipinski definition) is 0. The molecule has 3 aliphatic carbocycles. The van der Waals surface area contributed by atoms with Gasteiger partial charge in [0.1, 0.15) is 11.3 Å². The number of hydrogen-bond acceptors (Lipinski definition) is 3. The van der Waals surface area contributed by atoms with E-state index in [1.165, 1.54) is 71.3 Å². The van der Waals surface area contributed by atoms with Crippen molar-refractivity contribution in [1.29, 1.82) is 0 Å². The highest BCUT2D eigenvalue weighted by molar-refractivity contribution is 7.17. The molecule has 7 aromatic rings. The Morgan fingerprint density at radius 2 is 1.50 bits per heavy atom. The van der Waals surface area contributed by atoms with Crippen molar-refractivity contribution >= 4 is 72.9 Å². The van der Waals surface area contributed by atoms with Crippen molar-refractivity contribution in [3.8, 4) is 11.1 Å². The third kappa shape index (κ3) is 5.42. The van der Waals surface area contributed by atoms with Crippen LogP contribution in [0.4, 0.5) is 5.69 Å². The molecule has 0 spiro atoms. The van der Waals surface area contributed by atoms with Crippen molar-refractivity contribution in [3.05, 3.63) is 173 Å². The average Bonchev–Trinajstić information content (AvgIpc) is 3.89. The highest BCUT2D eigenvalue weighted by Crippen LogP contribution is 2.41. The van der Waals surface area contributed by atoms with E-state index in [4.69, 9.17) is 4.42 Å². The molecule has 0 saturated heterocycles. The van der Waals surface area contributed by atoms with Crippen molar-refractivity contribution < 1.29 is 4.42 Å². The molecule has 3 heterocycles. The Kier molecular flexibility index (Phi) is 7.76. The zero-order valence-corrected chi connectivity index (χ0v) is 29.8. The minimum Gasteiger partial charge on any atom is -0.456 e. The number of thiophene rings is 1. The van der Waals surface area contributed by atoms with Gasteiger partial charge in [-0.05, 0) is 126 Å². The van der Waals surface area contributed by atoms with E-state index in [-0.39, 0.29) is 0 Å². The smallest absolute Gasteiger partial charge is 0.137 e. The first-order valence-corrected chi connectivity index (χ1v) is 19.3. The van der Waals surface area contributed by atoms with Gasteiger partial charge in [-0.3, -0.25) is 0 Å². The number of nitrogens with zero attached hydrogens (tertiary/aromatic N) is 2. The van der Waals surface area contributed by atoms with E-state index in [1.807, 2.05) is 0 Å². The van der Waals surface area contributed by atoms with E-state index >= 15 is 0 Å². The van der Waals surface area contributed by atoms with Crippen molar-refractivity contribution in [2.24, 2.45) is 0 Å². The fourth-order valence-electron chi connectivity index (χ4n) is 8.23. The second-order valence-electron chi connectivity index (χ2n) is 13.9. The summed E-state index contributed by atoms with van der Waals surface area (Å²) in [7, 11) is 0. The second kappa shape index (κ2) is 13.0. The molecule has 4 heteroatoms. The van der Waals surface area contributed by atoms with Crippen molar-refractivity contribution in [2.75, 3.05) is 4.90 Å². The largest absolute Gasteiger partial charge is 0.456 e. The third-order valence-electron chi connectivity index (χ3n) is 10.8. The molecule has 10 rings (SSSR count). The molecule has 0 aliphatic heterocycles. The molecule has 3 aliphatic rings. The zero-order chi connectivity index (χ0) is 34.4. The molecular formula is C48H38N2OS. The first-order chi connectivity index (χ1) is 25.8. The van der Waals surface area contributed by atoms with Gasteiger partial charge in [0.2, 0.25) is 0 Å². The molecule has 0 amide bonds. The van der Waals surface area contributed by atoms with Gasteiger partial charge in [0.15, 0.2) is 0 Å². The maximum atomic E-state index is 6.43. The molecule has 0 radical (unpaired) electrons. The fraction of sp³-hybridized carbons (Fsp3) is 0.125. The summed E-state index contributed by atoms with van der Waals surface area (Å²) < 4.78 is 10.3. The Morgan fingerprint density at radius 3 is 2.37 bits per heavy atom. The Balaban J connectivity index is 1.03. The molecule has 252 valence electrons. The number of furan rings is 1.